The van der Waals surface area contributed by atoms with Crippen LogP contribution < -0.4 is 4.90 Å². The lowest BCUT2D eigenvalue weighted by Crippen LogP contribution is -2.07. The molecule has 1 heterocycles. The molecule has 124 valence electrons. The highest BCUT2D eigenvalue weighted by atomic mass is 35.5. The molecule has 0 radical (unpaired) electrons. The maximum absolute atomic E-state index is 12.8. The van der Waals surface area contributed by atoms with Crippen molar-refractivity contribution in [3.8, 4) is 0 Å². The zero-order valence-corrected chi connectivity index (χ0v) is 14.0. The fourth-order valence-corrected chi connectivity index (χ4v) is 3.69. The number of benzene rings is 1. The highest BCUT2D eigenvalue weighted by molar-refractivity contribution is 8.01. The van der Waals surface area contributed by atoms with Crippen molar-refractivity contribution in [2.75, 3.05) is 19.0 Å². The Balaban J connectivity index is 2.45. The molecular weight excluding hydrogens is 377 g/mol. The van der Waals surface area contributed by atoms with Gasteiger partial charge in [0.05, 0.1) is 20.4 Å². The lowest BCUT2D eigenvalue weighted by Gasteiger charge is -2.10. The summed E-state index contributed by atoms with van der Waals surface area (Å²) >= 11 is 7.61. The number of hydrogen-bond donors (Lipinski definition) is 0. The molecule has 1 aromatic heterocycles. The largest absolute Gasteiger partial charge is 0.418 e. The molecular formula is C11H8ClF3N4O2S2. The zero-order chi connectivity index (χ0) is 17.4. The Morgan fingerprint density at radius 2 is 2.00 bits per heavy atom. The fourth-order valence-electron chi connectivity index (χ4n) is 1.50. The van der Waals surface area contributed by atoms with Gasteiger partial charge in [0.2, 0.25) is 5.13 Å². The molecule has 0 aliphatic heterocycles. The second-order valence-corrected chi connectivity index (χ2v) is 7.05. The number of alkyl halides is 3. The second kappa shape index (κ2) is 6.49. The van der Waals surface area contributed by atoms with E-state index in [1.54, 1.807) is 19.0 Å². The summed E-state index contributed by atoms with van der Waals surface area (Å²) in [5, 5.41) is 18.7. The molecule has 0 saturated carbocycles. The molecule has 0 unspecified atom stereocenters. The van der Waals surface area contributed by atoms with Gasteiger partial charge in [-0.3, -0.25) is 10.1 Å². The van der Waals surface area contributed by atoms with Crippen molar-refractivity contribution in [1.29, 1.82) is 0 Å². The summed E-state index contributed by atoms with van der Waals surface area (Å²) in [7, 11) is 3.48. The summed E-state index contributed by atoms with van der Waals surface area (Å²) in [5.74, 6) is 0. The van der Waals surface area contributed by atoms with Crippen molar-refractivity contribution in [3.63, 3.8) is 0 Å². The summed E-state index contributed by atoms with van der Waals surface area (Å²) in [6.45, 7) is 0. The molecule has 0 N–H and O–H groups in total. The molecule has 0 spiro atoms. The van der Waals surface area contributed by atoms with E-state index in [0.717, 1.165) is 29.2 Å². The van der Waals surface area contributed by atoms with Crippen LogP contribution in [0, 0.1) is 10.1 Å². The molecule has 0 fully saturated rings. The van der Waals surface area contributed by atoms with Crippen molar-refractivity contribution >= 4 is 45.5 Å². The van der Waals surface area contributed by atoms with Gasteiger partial charge in [-0.25, -0.2) is 0 Å². The molecule has 2 aromatic rings. The molecule has 2 rings (SSSR count). The van der Waals surface area contributed by atoms with Gasteiger partial charge in [0.15, 0.2) is 4.34 Å². The maximum atomic E-state index is 12.8. The number of anilines is 1. The Labute approximate surface area is 141 Å². The number of nitro benzene ring substituents is 1. The molecule has 1 aromatic carbocycles. The quantitative estimate of drug-likeness (QED) is 0.577. The molecule has 6 nitrogen and oxygen atoms in total. The molecule has 23 heavy (non-hydrogen) atoms. The summed E-state index contributed by atoms with van der Waals surface area (Å²) in [6.07, 6.45) is -4.77. The van der Waals surface area contributed by atoms with Crippen LogP contribution in [0.5, 0.6) is 0 Å². The second-order valence-electron chi connectivity index (χ2n) is 4.40. The van der Waals surface area contributed by atoms with Crippen LogP contribution in [0.1, 0.15) is 5.56 Å². The van der Waals surface area contributed by atoms with Crippen molar-refractivity contribution in [1.82, 2.24) is 10.2 Å². The van der Waals surface area contributed by atoms with Crippen LogP contribution in [0.3, 0.4) is 0 Å². The first-order chi connectivity index (χ1) is 10.6. The van der Waals surface area contributed by atoms with Crippen LogP contribution >= 0.6 is 34.7 Å². The van der Waals surface area contributed by atoms with E-state index in [4.69, 9.17) is 11.6 Å². The van der Waals surface area contributed by atoms with E-state index in [1.165, 1.54) is 0 Å². The van der Waals surface area contributed by atoms with Crippen molar-refractivity contribution in [2.24, 2.45) is 0 Å². The van der Waals surface area contributed by atoms with Gasteiger partial charge >= 0.3 is 6.18 Å². The predicted molar refractivity (Wildman–Crippen MR) is 81.5 cm³/mol. The molecule has 0 amide bonds. The van der Waals surface area contributed by atoms with E-state index in [2.05, 4.69) is 10.2 Å². The SMILES string of the molecule is CN(C)c1nnc(Sc2cc(Cl)c(C(F)(F)F)cc2[N+](=O)[O-])s1. The van der Waals surface area contributed by atoms with E-state index in [9.17, 15) is 23.3 Å². The summed E-state index contributed by atoms with van der Waals surface area (Å²) in [4.78, 5) is 11.8. The molecule has 0 aliphatic carbocycles. The highest BCUT2D eigenvalue weighted by Gasteiger charge is 2.36. The standard InChI is InChI=1S/C11H8ClF3N4O2S2/c1-18(2)9-16-17-10(23-9)22-8-4-6(12)5(11(13,14)15)3-7(8)19(20)21/h3-4H,1-2H3. The third-order valence-electron chi connectivity index (χ3n) is 2.53. The van der Waals surface area contributed by atoms with Crippen LogP contribution in [-0.4, -0.2) is 29.2 Å². The van der Waals surface area contributed by atoms with Gasteiger partial charge in [0, 0.05) is 20.2 Å². The van der Waals surface area contributed by atoms with Crippen LogP contribution in [-0.2, 0) is 6.18 Å². The minimum absolute atomic E-state index is 0.0329. The monoisotopic (exact) mass is 384 g/mol. The van der Waals surface area contributed by atoms with E-state index in [0.29, 0.717) is 15.5 Å². The first-order valence-electron chi connectivity index (χ1n) is 5.83. The van der Waals surface area contributed by atoms with E-state index < -0.39 is 27.4 Å². The summed E-state index contributed by atoms with van der Waals surface area (Å²) < 4.78 is 38.8. The smallest absolute Gasteiger partial charge is 0.353 e. The van der Waals surface area contributed by atoms with Crippen molar-refractivity contribution in [3.05, 3.63) is 32.8 Å². The summed E-state index contributed by atoms with van der Waals surface area (Å²) in [6, 6.07) is 1.35. The topological polar surface area (TPSA) is 72.2 Å². The van der Waals surface area contributed by atoms with Gasteiger partial charge in [-0.2, -0.15) is 13.2 Å². The number of rotatable bonds is 4. The molecule has 0 bridgehead atoms. The third-order valence-corrected chi connectivity index (χ3v) is 5.03. The van der Waals surface area contributed by atoms with Gasteiger partial charge in [-0.05, 0) is 17.8 Å². The molecule has 12 heteroatoms. The fraction of sp³-hybridized carbons (Fsp3) is 0.273. The van der Waals surface area contributed by atoms with Crippen LogP contribution in [0.4, 0.5) is 24.0 Å². The lowest BCUT2D eigenvalue weighted by atomic mass is 10.2. The van der Waals surface area contributed by atoms with Gasteiger partial charge in [0.25, 0.3) is 5.69 Å². The number of nitrogens with zero attached hydrogens (tertiary/aromatic N) is 4. The maximum Gasteiger partial charge on any atom is 0.418 e. The Hall–Kier alpha value is -1.59. The molecule has 0 aliphatic rings. The van der Waals surface area contributed by atoms with E-state index in [1.807, 2.05) is 0 Å². The zero-order valence-electron chi connectivity index (χ0n) is 11.6. The van der Waals surface area contributed by atoms with Gasteiger partial charge in [-0.15, -0.1) is 10.2 Å². The van der Waals surface area contributed by atoms with Crippen LogP contribution in [0.25, 0.3) is 0 Å². The summed E-state index contributed by atoms with van der Waals surface area (Å²) in [5.41, 5.74) is -1.94. The number of halogens is 4. The van der Waals surface area contributed by atoms with Crippen molar-refractivity contribution < 1.29 is 18.1 Å². The van der Waals surface area contributed by atoms with Crippen molar-refractivity contribution in [2.45, 2.75) is 15.4 Å². The molecule has 0 atom stereocenters. The average molecular weight is 385 g/mol. The Kier molecular flexibility index (Phi) is 5.01. The Morgan fingerprint density at radius 3 is 2.48 bits per heavy atom. The number of aromatic nitrogens is 2. The Morgan fingerprint density at radius 1 is 1.35 bits per heavy atom. The van der Waals surface area contributed by atoms with Gasteiger partial charge in [0.1, 0.15) is 0 Å². The average Bonchev–Trinajstić information content (AvgIpc) is 2.85. The van der Waals surface area contributed by atoms with Crippen LogP contribution in [0.2, 0.25) is 5.02 Å². The normalized spacial score (nSPS) is 11.6. The van der Waals surface area contributed by atoms with E-state index in [-0.39, 0.29) is 4.90 Å². The van der Waals surface area contributed by atoms with Gasteiger partial charge in [-0.1, -0.05) is 22.9 Å². The van der Waals surface area contributed by atoms with E-state index >= 15 is 0 Å². The minimum Gasteiger partial charge on any atom is -0.353 e. The first kappa shape index (κ1) is 17.8. The highest BCUT2D eigenvalue weighted by Crippen LogP contribution is 2.44. The predicted octanol–water partition coefficient (Wildman–Crippen LogP) is 4.34. The first-order valence-corrected chi connectivity index (χ1v) is 7.84. The lowest BCUT2D eigenvalue weighted by molar-refractivity contribution is -0.388. The van der Waals surface area contributed by atoms with Crippen LogP contribution in [0.15, 0.2) is 21.4 Å². The minimum atomic E-state index is -4.77. The molecule has 0 saturated heterocycles. The van der Waals surface area contributed by atoms with Gasteiger partial charge < -0.3 is 4.90 Å². The third kappa shape index (κ3) is 4.03. The number of hydrogen-bond acceptors (Lipinski definition) is 7. The Bertz CT molecular complexity index is 751. The number of nitro groups is 1.